The highest BCUT2D eigenvalue weighted by molar-refractivity contribution is 5.95. The van der Waals surface area contributed by atoms with Gasteiger partial charge in [-0.2, -0.15) is 0 Å². The van der Waals surface area contributed by atoms with Crippen LogP contribution < -0.4 is 10.5 Å². The molecule has 0 aliphatic carbocycles. The highest BCUT2D eigenvalue weighted by atomic mass is 16.2. The summed E-state index contributed by atoms with van der Waals surface area (Å²) in [6, 6.07) is 13.4. The normalized spacial score (nSPS) is 14.0. The summed E-state index contributed by atoms with van der Waals surface area (Å²) in [6.45, 7) is 0.760. The molecule has 0 unspecified atom stereocenters. The summed E-state index contributed by atoms with van der Waals surface area (Å²) in [4.78, 5) is 30.5. The Morgan fingerprint density at radius 1 is 1.00 bits per heavy atom. The molecule has 1 fully saturated rings. The number of anilines is 1. The van der Waals surface area contributed by atoms with Gasteiger partial charge in [0.15, 0.2) is 0 Å². The Morgan fingerprint density at radius 3 is 2.46 bits per heavy atom. The monoisotopic (exact) mass is 345 g/mol. The second kappa shape index (κ2) is 6.59. The molecule has 1 aliphatic rings. The Bertz CT molecular complexity index is 1010. The van der Waals surface area contributed by atoms with Crippen LogP contribution in [0.5, 0.6) is 0 Å². The fourth-order valence-corrected chi connectivity index (χ4v) is 3.35. The van der Waals surface area contributed by atoms with Gasteiger partial charge >= 0.3 is 0 Å². The molecule has 4 rings (SSSR count). The average Bonchev–Trinajstić information content (AvgIpc) is 3.11. The molecule has 2 aromatic heterocycles. The van der Waals surface area contributed by atoms with Crippen molar-refractivity contribution in [3.63, 3.8) is 0 Å². The largest absolute Gasteiger partial charge is 0.317 e. The van der Waals surface area contributed by atoms with Gasteiger partial charge in [0.05, 0.1) is 0 Å². The lowest BCUT2D eigenvalue weighted by Crippen LogP contribution is -2.23. The van der Waals surface area contributed by atoms with Crippen LogP contribution in [-0.4, -0.2) is 22.0 Å². The molecule has 3 heterocycles. The van der Waals surface area contributed by atoms with Crippen molar-refractivity contribution < 1.29 is 4.79 Å². The van der Waals surface area contributed by atoms with Crippen molar-refractivity contribution >= 4 is 11.6 Å². The third-order valence-corrected chi connectivity index (χ3v) is 4.74. The zero-order valence-electron chi connectivity index (χ0n) is 14.6. The van der Waals surface area contributed by atoms with Crippen LogP contribution in [0.1, 0.15) is 12.8 Å². The molecule has 0 atom stereocenters. The highest BCUT2D eigenvalue weighted by Gasteiger charge is 2.21. The molecule has 1 aromatic carbocycles. The topological polar surface area (TPSA) is 55.2 Å². The van der Waals surface area contributed by atoms with E-state index in [1.165, 1.54) is 0 Å². The quantitative estimate of drug-likeness (QED) is 0.732. The number of benzene rings is 1. The van der Waals surface area contributed by atoms with Gasteiger partial charge in [-0.3, -0.25) is 14.6 Å². The number of amides is 1. The van der Waals surface area contributed by atoms with Gasteiger partial charge in [0.1, 0.15) is 0 Å². The van der Waals surface area contributed by atoms with Crippen LogP contribution in [0.15, 0.2) is 65.8 Å². The van der Waals surface area contributed by atoms with Gasteiger partial charge in [-0.25, -0.2) is 0 Å². The molecule has 1 aliphatic heterocycles. The van der Waals surface area contributed by atoms with Crippen molar-refractivity contribution in [2.45, 2.75) is 12.8 Å². The molecule has 5 heteroatoms. The Labute approximate surface area is 151 Å². The van der Waals surface area contributed by atoms with E-state index in [1.807, 2.05) is 48.7 Å². The molecule has 130 valence electrons. The smallest absolute Gasteiger partial charge is 0.258 e. The Kier molecular flexibility index (Phi) is 4.13. The van der Waals surface area contributed by atoms with Gasteiger partial charge in [-0.05, 0) is 36.2 Å². The summed E-state index contributed by atoms with van der Waals surface area (Å²) in [5.41, 5.74) is 4.21. The van der Waals surface area contributed by atoms with Gasteiger partial charge in [0.2, 0.25) is 5.91 Å². The average molecular weight is 345 g/mol. The van der Waals surface area contributed by atoms with E-state index in [2.05, 4.69) is 4.98 Å². The van der Waals surface area contributed by atoms with E-state index >= 15 is 0 Å². The van der Waals surface area contributed by atoms with Crippen LogP contribution >= 0.6 is 0 Å². The predicted octanol–water partition coefficient (Wildman–Crippen LogP) is 3.24. The van der Waals surface area contributed by atoms with Gasteiger partial charge in [0, 0.05) is 61.0 Å². The number of hydrogen-bond acceptors (Lipinski definition) is 3. The minimum Gasteiger partial charge on any atom is -0.317 e. The molecule has 1 saturated heterocycles. The maximum atomic E-state index is 12.6. The van der Waals surface area contributed by atoms with Crippen molar-refractivity contribution in [2.24, 2.45) is 7.05 Å². The number of aryl methyl sites for hydroxylation is 1. The van der Waals surface area contributed by atoms with Crippen LogP contribution in [0.4, 0.5) is 5.69 Å². The number of carbonyl (C=O) groups excluding carboxylic acids is 1. The number of rotatable bonds is 3. The van der Waals surface area contributed by atoms with E-state index in [0.717, 1.165) is 35.3 Å². The molecule has 0 radical (unpaired) electrons. The van der Waals surface area contributed by atoms with Crippen molar-refractivity contribution in [1.29, 1.82) is 0 Å². The molecule has 3 aromatic rings. The summed E-state index contributed by atoms with van der Waals surface area (Å²) in [6.07, 6.45) is 6.83. The number of carbonyl (C=O) groups is 1. The fourth-order valence-electron chi connectivity index (χ4n) is 3.35. The first-order chi connectivity index (χ1) is 12.6. The SMILES string of the molecule is Cn1cc(-c2cccnc2)cc(-c2ccc(N3CCCC3=O)cc2)c1=O. The van der Waals surface area contributed by atoms with Crippen LogP contribution in [0.25, 0.3) is 22.3 Å². The number of aromatic nitrogens is 2. The molecule has 1 amide bonds. The summed E-state index contributed by atoms with van der Waals surface area (Å²) in [5.74, 6) is 0.159. The number of nitrogens with zero attached hydrogens (tertiary/aromatic N) is 3. The van der Waals surface area contributed by atoms with Crippen molar-refractivity contribution in [3.05, 3.63) is 71.4 Å². The second-order valence-electron chi connectivity index (χ2n) is 6.50. The lowest BCUT2D eigenvalue weighted by Gasteiger charge is -2.16. The maximum absolute atomic E-state index is 12.6. The van der Waals surface area contributed by atoms with E-state index in [9.17, 15) is 9.59 Å². The Balaban J connectivity index is 1.74. The molecular weight excluding hydrogens is 326 g/mol. The minimum absolute atomic E-state index is 0.0531. The number of pyridine rings is 2. The third kappa shape index (κ3) is 2.92. The fraction of sp³-hybridized carbons (Fsp3) is 0.190. The Hall–Kier alpha value is -3.21. The van der Waals surface area contributed by atoms with Crippen LogP contribution in [0.3, 0.4) is 0 Å². The molecule has 26 heavy (non-hydrogen) atoms. The first kappa shape index (κ1) is 16.3. The van der Waals surface area contributed by atoms with Gasteiger partial charge in [0.25, 0.3) is 5.56 Å². The third-order valence-electron chi connectivity index (χ3n) is 4.74. The first-order valence-electron chi connectivity index (χ1n) is 8.65. The standard InChI is InChI=1S/C21H19N3O2/c1-23-14-17(16-4-2-10-22-13-16)12-19(21(23)26)15-6-8-18(9-7-15)24-11-3-5-20(24)25/h2,4,6-10,12-14H,3,5,11H2,1H3. The van der Waals surface area contributed by atoms with Gasteiger partial charge in [-0.15, -0.1) is 0 Å². The first-order valence-corrected chi connectivity index (χ1v) is 8.65. The lowest BCUT2D eigenvalue weighted by molar-refractivity contribution is -0.117. The van der Waals surface area contributed by atoms with Crippen LogP contribution in [-0.2, 0) is 11.8 Å². The van der Waals surface area contributed by atoms with E-state index in [-0.39, 0.29) is 11.5 Å². The zero-order valence-corrected chi connectivity index (χ0v) is 14.6. The predicted molar refractivity (Wildman–Crippen MR) is 102 cm³/mol. The molecule has 0 spiro atoms. The second-order valence-corrected chi connectivity index (χ2v) is 6.50. The van der Waals surface area contributed by atoms with Crippen molar-refractivity contribution in [2.75, 3.05) is 11.4 Å². The highest BCUT2D eigenvalue weighted by Crippen LogP contribution is 2.27. The van der Waals surface area contributed by atoms with Crippen molar-refractivity contribution in [1.82, 2.24) is 9.55 Å². The molecule has 0 bridgehead atoms. The molecular formula is C21H19N3O2. The molecule has 0 saturated carbocycles. The van der Waals surface area contributed by atoms with E-state index in [0.29, 0.717) is 12.0 Å². The van der Waals surface area contributed by atoms with E-state index in [4.69, 9.17) is 0 Å². The Morgan fingerprint density at radius 2 is 1.81 bits per heavy atom. The zero-order chi connectivity index (χ0) is 18.1. The summed E-state index contributed by atoms with van der Waals surface area (Å²) >= 11 is 0. The lowest BCUT2D eigenvalue weighted by atomic mass is 10.0. The van der Waals surface area contributed by atoms with Gasteiger partial charge < -0.3 is 9.47 Å². The number of hydrogen-bond donors (Lipinski definition) is 0. The van der Waals surface area contributed by atoms with Crippen LogP contribution in [0, 0.1) is 0 Å². The van der Waals surface area contributed by atoms with Crippen molar-refractivity contribution in [3.8, 4) is 22.3 Å². The molecule has 5 nitrogen and oxygen atoms in total. The van der Waals surface area contributed by atoms with E-state index < -0.39 is 0 Å². The minimum atomic E-state index is -0.0531. The van der Waals surface area contributed by atoms with Gasteiger partial charge in [-0.1, -0.05) is 18.2 Å². The summed E-state index contributed by atoms with van der Waals surface area (Å²) < 4.78 is 1.59. The summed E-state index contributed by atoms with van der Waals surface area (Å²) in [5, 5.41) is 0. The molecule has 0 N–H and O–H groups in total. The van der Waals surface area contributed by atoms with E-state index in [1.54, 1.807) is 28.9 Å². The summed E-state index contributed by atoms with van der Waals surface area (Å²) in [7, 11) is 1.75. The maximum Gasteiger partial charge on any atom is 0.258 e. The van der Waals surface area contributed by atoms with Crippen LogP contribution in [0.2, 0.25) is 0 Å².